The second-order valence-corrected chi connectivity index (χ2v) is 10.3. The summed E-state index contributed by atoms with van der Waals surface area (Å²) in [7, 11) is -3.63. The number of carbonyl (C=O) groups is 2. The molecule has 0 radical (unpaired) electrons. The Balaban J connectivity index is 2.18. The van der Waals surface area contributed by atoms with Crippen molar-refractivity contribution in [2.75, 3.05) is 12.1 Å². The van der Waals surface area contributed by atoms with Crippen LogP contribution in [0.3, 0.4) is 0 Å². The van der Waals surface area contributed by atoms with Gasteiger partial charge in [-0.2, -0.15) is 0 Å². The van der Waals surface area contributed by atoms with Crippen molar-refractivity contribution in [3.63, 3.8) is 0 Å². The molecule has 0 aromatic heterocycles. The van der Waals surface area contributed by atoms with Crippen LogP contribution in [0.1, 0.15) is 48.2 Å². The average molecular weight is 454 g/mol. The number of halogens is 1. The minimum Gasteiger partial charge on any atom is -0.511 e. The summed E-state index contributed by atoms with van der Waals surface area (Å²) in [6, 6.07) is 2.71. The molecule has 1 aliphatic heterocycles. The van der Waals surface area contributed by atoms with Gasteiger partial charge < -0.3 is 9.94 Å². The van der Waals surface area contributed by atoms with Gasteiger partial charge in [0, 0.05) is 35.6 Å². The van der Waals surface area contributed by atoms with Crippen molar-refractivity contribution in [3.8, 4) is 0 Å². The van der Waals surface area contributed by atoms with Crippen LogP contribution in [0.2, 0.25) is 0 Å². The van der Waals surface area contributed by atoms with E-state index in [9.17, 15) is 23.1 Å². The summed E-state index contributed by atoms with van der Waals surface area (Å²) < 4.78 is 24.8. The smallest absolute Gasteiger partial charge is 0.200 e. The molecule has 30 heavy (non-hydrogen) atoms. The van der Waals surface area contributed by atoms with E-state index in [4.69, 9.17) is 16.4 Å². The van der Waals surface area contributed by atoms with Crippen molar-refractivity contribution in [2.24, 2.45) is 17.0 Å². The van der Waals surface area contributed by atoms with E-state index in [1.54, 1.807) is 20.8 Å². The van der Waals surface area contributed by atoms with Crippen LogP contribution in [-0.4, -0.2) is 49.0 Å². The SMILES string of the molecule is Cc1c(C(=O)C2=C(O)C(C)CC(C)C2=O)ccc(S(C)(=O)=O)c1C1=NOC(CCl)C1. The van der Waals surface area contributed by atoms with Crippen LogP contribution in [0.4, 0.5) is 0 Å². The molecular formula is C21H24ClNO6S. The predicted molar refractivity (Wildman–Crippen MR) is 113 cm³/mol. The summed E-state index contributed by atoms with van der Waals surface area (Å²) in [5.74, 6) is -1.77. The van der Waals surface area contributed by atoms with Gasteiger partial charge in [0.25, 0.3) is 0 Å². The fourth-order valence-corrected chi connectivity index (χ4v) is 5.11. The molecule has 0 bridgehead atoms. The maximum absolute atomic E-state index is 13.3. The number of hydrogen-bond donors (Lipinski definition) is 1. The molecule has 162 valence electrons. The van der Waals surface area contributed by atoms with Gasteiger partial charge in [-0.1, -0.05) is 19.0 Å². The van der Waals surface area contributed by atoms with Gasteiger partial charge in [-0.05, 0) is 31.0 Å². The van der Waals surface area contributed by atoms with Crippen molar-refractivity contribution < 1.29 is 28.0 Å². The van der Waals surface area contributed by atoms with Gasteiger partial charge in [0.15, 0.2) is 21.4 Å². The highest BCUT2D eigenvalue weighted by molar-refractivity contribution is 7.90. The molecule has 1 aliphatic carbocycles. The van der Waals surface area contributed by atoms with Gasteiger partial charge in [-0.15, -0.1) is 11.6 Å². The Morgan fingerprint density at radius 2 is 1.97 bits per heavy atom. The molecule has 3 unspecified atom stereocenters. The van der Waals surface area contributed by atoms with Crippen LogP contribution in [0.5, 0.6) is 0 Å². The van der Waals surface area contributed by atoms with Gasteiger partial charge in [-0.25, -0.2) is 8.42 Å². The topological polar surface area (TPSA) is 110 Å². The quantitative estimate of drug-likeness (QED) is 0.415. The third-order valence-corrected chi connectivity index (χ3v) is 7.10. The largest absolute Gasteiger partial charge is 0.511 e. The fourth-order valence-electron chi connectivity index (χ4n) is 3.99. The molecule has 1 heterocycles. The Morgan fingerprint density at radius 3 is 2.53 bits per heavy atom. The van der Waals surface area contributed by atoms with Crippen molar-refractivity contribution >= 4 is 38.7 Å². The van der Waals surface area contributed by atoms with E-state index in [-0.39, 0.29) is 51.2 Å². The maximum Gasteiger partial charge on any atom is 0.200 e. The van der Waals surface area contributed by atoms with Gasteiger partial charge in [0.05, 0.1) is 16.5 Å². The molecule has 0 saturated heterocycles. The number of nitrogens with zero attached hydrogens (tertiary/aromatic N) is 1. The number of oxime groups is 1. The second kappa shape index (κ2) is 8.15. The van der Waals surface area contributed by atoms with Crippen molar-refractivity contribution in [3.05, 3.63) is 40.2 Å². The molecule has 0 spiro atoms. The molecular weight excluding hydrogens is 430 g/mol. The minimum absolute atomic E-state index is 0.0176. The van der Waals surface area contributed by atoms with Gasteiger partial charge in [0.2, 0.25) is 0 Å². The number of sulfone groups is 1. The number of aliphatic hydroxyl groups is 1. The van der Waals surface area contributed by atoms with E-state index in [0.29, 0.717) is 24.1 Å². The monoisotopic (exact) mass is 453 g/mol. The molecule has 9 heteroatoms. The summed E-state index contributed by atoms with van der Waals surface area (Å²) in [5.41, 5.74) is 0.930. The van der Waals surface area contributed by atoms with E-state index in [0.717, 1.165) is 6.26 Å². The number of aliphatic hydroxyl groups excluding tert-OH is 1. The number of ketones is 2. The lowest BCUT2D eigenvalue weighted by Gasteiger charge is -2.25. The summed E-state index contributed by atoms with van der Waals surface area (Å²) in [5, 5.41) is 14.5. The zero-order valence-electron chi connectivity index (χ0n) is 17.2. The van der Waals surface area contributed by atoms with Crippen LogP contribution in [0, 0.1) is 18.8 Å². The summed E-state index contributed by atoms with van der Waals surface area (Å²) in [6.45, 7) is 5.08. The Kier molecular flexibility index (Phi) is 6.11. The van der Waals surface area contributed by atoms with Gasteiger partial charge in [-0.3, -0.25) is 9.59 Å². The normalized spacial score (nSPS) is 24.6. The average Bonchev–Trinajstić information content (AvgIpc) is 3.14. The van der Waals surface area contributed by atoms with Gasteiger partial charge >= 0.3 is 0 Å². The van der Waals surface area contributed by atoms with Crippen LogP contribution >= 0.6 is 11.6 Å². The molecule has 1 aromatic carbocycles. The molecule has 2 aliphatic rings. The molecule has 0 amide bonds. The summed E-state index contributed by atoms with van der Waals surface area (Å²) in [6.07, 6.45) is 1.45. The molecule has 1 aromatic rings. The Hall–Kier alpha value is -2.19. The number of hydrogen-bond acceptors (Lipinski definition) is 7. The van der Waals surface area contributed by atoms with Crippen molar-refractivity contribution in [2.45, 2.75) is 44.6 Å². The Bertz CT molecular complexity index is 1090. The van der Waals surface area contributed by atoms with Crippen LogP contribution < -0.4 is 0 Å². The molecule has 0 saturated carbocycles. The van der Waals surface area contributed by atoms with E-state index in [1.165, 1.54) is 12.1 Å². The highest BCUT2D eigenvalue weighted by atomic mass is 35.5. The number of benzene rings is 1. The molecule has 7 nitrogen and oxygen atoms in total. The fraction of sp³-hybridized carbons (Fsp3) is 0.476. The summed E-state index contributed by atoms with van der Waals surface area (Å²) in [4.78, 5) is 31.2. The third-order valence-electron chi connectivity index (χ3n) is 5.62. The minimum atomic E-state index is -3.63. The first-order chi connectivity index (χ1) is 14.0. The summed E-state index contributed by atoms with van der Waals surface area (Å²) >= 11 is 5.83. The highest BCUT2D eigenvalue weighted by Crippen LogP contribution is 2.34. The lowest BCUT2D eigenvalue weighted by atomic mass is 9.78. The van der Waals surface area contributed by atoms with E-state index in [2.05, 4.69) is 5.16 Å². The van der Waals surface area contributed by atoms with E-state index in [1.807, 2.05) is 0 Å². The van der Waals surface area contributed by atoms with Gasteiger partial charge in [0.1, 0.15) is 17.4 Å². The number of carbonyl (C=O) groups excluding carboxylic acids is 2. The van der Waals surface area contributed by atoms with E-state index < -0.39 is 21.4 Å². The standard InChI is InChI=1S/C21H24ClNO6S/c1-10-7-11(2)20(25)18(19(10)24)21(26)14-5-6-16(30(4,27)28)17(12(14)3)15-8-13(9-22)29-23-15/h5-6,10-11,13,24H,7-9H2,1-4H3. The maximum atomic E-state index is 13.3. The first-order valence-corrected chi connectivity index (χ1v) is 12.0. The number of alkyl halides is 1. The zero-order chi connectivity index (χ0) is 22.4. The Morgan fingerprint density at radius 1 is 1.30 bits per heavy atom. The first kappa shape index (κ1) is 22.5. The first-order valence-electron chi connectivity index (χ1n) is 9.62. The zero-order valence-corrected chi connectivity index (χ0v) is 18.8. The lowest BCUT2D eigenvalue weighted by Crippen LogP contribution is -2.30. The predicted octanol–water partition coefficient (Wildman–Crippen LogP) is 3.37. The Labute approximate surface area is 180 Å². The lowest BCUT2D eigenvalue weighted by molar-refractivity contribution is -0.119. The molecule has 0 fully saturated rings. The van der Waals surface area contributed by atoms with Crippen molar-refractivity contribution in [1.29, 1.82) is 0 Å². The van der Waals surface area contributed by atoms with Crippen LogP contribution in [-0.2, 0) is 19.5 Å². The number of Topliss-reactive ketones (excluding diaryl/α,β-unsaturated/α-hetero) is 2. The van der Waals surface area contributed by atoms with E-state index >= 15 is 0 Å². The molecule has 3 rings (SSSR count). The van der Waals surface area contributed by atoms with Crippen molar-refractivity contribution in [1.82, 2.24) is 0 Å². The molecule has 1 N–H and O–H groups in total. The second-order valence-electron chi connectivity index (χ2n) is 8.00. The number of rotatable bonds is 5. The van der Waals surface area contributed by atoms with Crippen LogP contribution in [0.15, 0.2) is 33.5 Å². The highest BCUT2D eigenvalue weighted by Gasteiger charge is 2.37. The van der Waals surface area contributed by atoms with Crippen LogP contribution in [0.25, 0.3) is 0 Å². The molecule has 3 atom stereocenters. The third kappa shape index (κ3) is 3.90. The number of allylic oxidation sites excluding steroid dienone is 2.